The second-order valence-electron chi connectivity index (χ2n) is 6.45. The lowest BCUT2D eigenvalue weighted by atomic mass is 10.1. The molecule has 0 radical (unpaired) electrons. The van der Waals surface area contributed by atoms with Crippen LogP contribution < -0.4 is 10.6 Å². The molecule has 0 spiro atoms. The van der Waals surface area contributed by atoms with Crippen LogP contribution in [0.3, 0.4) is 0 Å². The van der Waals surface area contributed by atoms with Gasteiger partial charge in [-0.3, -0.25) is 4.90 Å². The monoisotopic (exact) mass is 319 g/mol. The highest BCUT2D eigenvalue weighted by molar-refractivity contribution is 5.73. The molecule has 2 amide bonds. The smallest absolute Gasteiger partial charge is 0.315 e. The Balaban J connectivity index is 1.81. The minimum atomic E-state index is -0.0909. The maximum Gasteiger partial charge on any atom is 0.315 e. The van der Waals surface area contributed by atoms with Gasteiger partial charge in [-0.1, -0.05) is 38.1 Å². The van der Waals surface area contributed by atoms with E-state index < -0.39 is 0 Å². The van der Waals surface area contributed by atoms with Crippen molar-refractivity contribution in [1.82, 2.24) is 15.5 Å². The SMILES string of the molecule is CC(C)CCNC(=O)NCc1ccccc1CN1CCOCC1. The number of benzene rings is 1. The first-order chi connectivity index (χ1) is 11.1. The molecular formula is C18H29N3O2. The summed E-state index contributed by atoms with van der Waals surface area (Å²) < 4.78 is 5.39. The maximum absolute atomic E-state index is 11.8. The fourth-order valence-corrected chi connectivity index (χ4v) is 2.60. The van der Waals surface area contributed by atoms with E-state index >= 15 is 0 Å². The van der Waals surface area contributed by atoms with Crippen molar-refractivity contribution >= 4 is 6.03 Å². The Hall–Kier alpha value is -1.59. The average molecular weight is 319 g/mol. The number of nitrogens with one attached hydrogen (secondary N) is 2. The second-order valence-corrected chi connectivity index (χ2v) is 6.45. The van der Waals surface area contributed by atoms with Gasteiger partial charge in [0.25, 0.3) is 0 Å². The number of ether oxygens (including phenoxy) is 1. The van der Waals surface area contributed by atoms with Gasteiger partial charge in [-0.05, 0) is 23.5 Å². The van der Waals surface area contributed by atoms with Gasteiger partial charge in [0.2, 0.25) is 0 Å². The van der Waals surface area contributed by atoms with Crippen molar-refractivity contribution in [3.8, 4) is 0 Å². The summed E-state index contributed by atoms with van der Waals surface area (Å²) in [5.41, 5.74) is 2.45. The quantitative estimate of drug-likeness (QED) is 0.811. The van der Waals surface area contributed by atoms with E-state index in [1.807, 2.05) is 6.07 Å². The summed E-state index contributed by atoms with van der Waals surface area (Å²) in [7, 11) is 0. The zero-order valence-corrected chi connectivity index (χ0v) is 14.3. The number of amides is 2. The molecule has 0 atom stereocenters. The van der Waals surface area contributed by atoms with Crippen LogP contribution in [0, 0.1) is 5.92 Å². The van der Waals surface area contributed by atoms with Crippen LogP contribution in [0.15, 0.2) is 24.3 Å². The van der Waals surface area contributed by atoms with Crippen LogP contribution in [-0.2, 0) is 17.8 Å². The molecule has 5 heteroatoms. The predicted molar refractivity (Wildman–Crippen MR) is 92.2 cm³/mol. The topological polar surface area (TPSA) is 53.6 Å². The molecule has 1 aromatic rings. The van der Waals surface area contributed by atoms with Gasteiger partial charge in [0.1, 0.15) is 0 Å². The van der Waals surface area contributed by atoms with Crippen molar-refractivity contribution in [2.24, 2.45) is 5.92 Å². The molecule has 1 saturated heterocycles. The molecule has 0 aromatic heterocycles. The van der Waals surface area contributed by atoms with E-state index in [9.17, 15) is 4.79 Å². The number of urea groups is 1. The van der Waals surface area contributed by atoms with Crippen molar-refractivity contribution in [1.29, 1.82) is 0 Å². The third-order valence-electron chi connectivity index (χ3n) is 4.06. The van der Waals surface area contributed by atoms with Gasteiger partial charge in [-0.2, -0.15) is 0 Å². The standard InChI is InChI=1S/C18H29N3O2/c1-15(2)7-8-19-18(22)20-13-16-5-3-4-6-17(16)14-21-9-11-23-12-10-21/h3-6,15H,7-14H2,1-2H3,(H2,19,20,22). The zero-order valence-electron chi connectivity index (χ0n) is 14.3. The number of nitrogens with zero attached hydrogens (tertiary/aromatic N) is 1. The number of carbonyl (C=O) groups excluding carboxylic acids is 1. The van der Waals surface area contributed by atoms with Crippen molar-refractivity contribution in [3.05, 3.63) is 35.4 Å². The van der Waals surface area contributed by atoms with Gasteiger partial charge in [-0.25, -0.2) is 4.79 Å². The number of morpholine rings is 1. The van der Waals surface area contributed by atoms with E-state index in [0.29, 0.717) is 12.5 Å². The fraction of sp³-hybridized carbons (Fsp3) is 0.611. The molecule has 1 aliphatic rings. The molecule has 0 bridgehead atoms. The van der Waals surface area contributed by atoms with Crippen LogP contribution in [0.1, 0.15) is 31.4 Å². The minimum absolute atomic E-state index is 0.0909. The Bertz CT molecular complexity index is 485. The number of carbonyl (C=O) groups is 1. The van der Waals surface area contributed by atoms with Gasteiger partial charge >= 0.3 is 6.03 Å². The normalized spacial score (nSPS) is 15.6. The highest BCUT2D eigenvalue weighted by Gasteiger charge is 2.12. The zero-order chi connectivity index (χ0) is 16.5. The third kappa shape index (κ3) is 6.59. The molecule has 1 heterocycles. The molecule has 0 saturated carbocycles. The molecule has 2 N–H and O–H groups in total. The van der Waals surface area contributed by atoms with Crippen LogP contribution in [0.4, 0.5) is 4.79 Å². The van der Waals surface area contributed by atoms with E-state index in [2.05, 4.69) is 47.6 Å². The summed E-state index contributed by atoms with van der Waals surface area (Å²) in [5, 5.41) is 5.87. The predicted octanol–water partition coefficient (Wildman–Crippen LogP) is 2.36. The van der Waals surface area contributed by atoms with Crippen molar-refractivity contribution in [2.75, 3.05) is 32.8 Å². The number of hydrogen-bond acceptors (Lipinski definition) is 3. The van der Waals surface area contributed by atoms with Crippen LogP contribution in [0.2, 0.25) is 0 Å². The summed E-state index contributed by atoms with van der Waals surface area (Å²) in [6.07, 6.45) is 1.00. The van der Waals surface area contributed by atoms with Gasteiger partial charge in [0, 0.05) is 32.7 Å². The molecule has 23 heavy (non-hydrogen) atoms. The van der Waals surface area contributed by atoms with E-state index in [1.54, 1.807) is 0 Å². The Morgan fingerprint density at radius 3 is 2.57 bits per heavy atom. The van der Waals surface area contributed by atoms with E-state index in [-0.39, 0.29) is 6.03 Å². The van der Waals surface area contributed by atoms with Crippen LogP contribution in [-0.4, -0.2) is 43.8 Å². The molecular weight excluding hydrogens is 290 g/mol. The number of hydrogen-bond donors (Lipinski definition) is 2. The molecule has 5 nitrogen and oxygen atoms in total. The molecule has 2 rings (SSSR count). The molecule has 1 aromatic carbocycles. The highest BCUT2D eigenvalue weighted by Crippen LogP contribution is 2.12. The molecule has 1 aliphatic heterocycles. The van der Waals surface area contributed by atoms with E-state index in [4.69, 9.17) is 4.74 Å². The lowest BCUT2D eigenvalue weighted by Crippen LogP contribution is -2.37. The third-order valence-corrected chi connectivity index (χ3v) is 4.06. The fourth-order valence-electron chi connectivity index (χ4n) is 2.60. The van der Waals surface area contributed by atoms with Crippen LogP contribution in [0.25, 0.3) is 0 Å². The molecule has 1 fully saturated rings. The highest BCUT2D eigenvalue weighted by atomic mass is 16.5. The van der Waals surface area contributed by atoms with Crippen LogP contribution >= 0.6 is 0 Å². The van der Waals surface area contributed by atoms with Crippen LogP contribution in [0.5, 0.6) is 0 Å². The number of rotatable bonds is 7. The Morgan fingerprint density at radius 2 is 1.87 bits per heavy atom. The molecule has 128 valence electrons. The Kier molecular flexibility index (Phi) is 7.36. The van der Waals surface area contributed by atoms with Gasteiger partial charge in [0.05, 0.1) is 13.2 Å². The minimum Gasteiger partial charge on any atom is -0.379 e. The van der Waals surface area contributed by atoms with Gasteiger partial charge in [-0.15, -0.1) is 0 Å². The Labute approximate surface area is 139 Å². The molecule has 0 aliphatic carbocycles. The van der Waals surface area contributed by atoms with Gasteiger partial charge in [0.15, 0.2) is 0 Å². The van der Waals surface area contributed by atoms with Crippen molar-refractivity contribution < 1.29 is 9.53 Å². The largest absolute Gasteiger partial charge is 0.379 e. The summed E-state index contributed by atoms with van der Waals surface area (Å²) >= 11 is 0. The first-order valence-electron chi connectivity index (χ1n) is 8.53. The van der Waals surface area contributed by atoms with Crippen molar-refractivity contribution in [3.63, 3.8) is 0 Å². The summed E-state index contributed by atoms with van der Waals surface area (Å²) in [4.78, 5) is 14.2. The lowest BCUT2D eigenvalue weighted by molar-refractivity contribution is 0.0341. The van der Waals surface area contributed by atoms with E-state index in [0.717, 1.165) is 45.8 Å². The van der Waals surface area contributed by atoms with E-state index in [1.165, 1.54) is 11.1 Å². The second kappa shape index (κ2) is 9.53. The maximum atomic E-state index is 11.8. The average Bonchev–Trinajstić information content (AvgIpc) is 2.55. The van der Waals surface area contributed by atoms with Crippen molar-refractivity contribution in [2.45, 2.75) is 33.4 Å². The lowest BCUT2D eigenvalue weighted by Gasteiger charge is -2.27. The summed E-state index contributed by atoms with van der Waals surface area (Å²) in [5.74, 6) is 0.601. The summed E-state index contributed by atoms with van der Waals surface area (Å²) in [6, 6.07) is 8.22. The Morgan fingerprint density at radius 1 is 1.17 bits per heavy atom. The molecule has 0 unspecified atom stereocenters. The summed E-state index contributed by atoms with van der Waals surface area (Å²) in [6.45, 7) is 10.1. The van der Waals surface area contributed by atoms with Gasteiger partial charge < -0.3 is 15.4 Å². The first-order valence-corrected chi connectivity index (χ1v) is 8.53. The first kappa shape index (κ1) is 17.8.